The van der Waals surface area contributed by atoms with E-state index >= 15 is 0 Å². The van der Waals surface area contributed by atoms with E-state index in [0.717, 1.165) is 31.9 Å². The van der Waals surface area contributed by atoms with Crippen molar-refractivity contribution in [1.29, 1.82) is 0 Å². The molecule has 1 aliphatic heterocycles. The van der Waals surface area contributed by atoms with E-state index in [0.29, 0.717) is 18.5 Å². The van der Waals surface area contributed by atoms with Crippen LogP contribution in [0.3, 0.4) is 0 Å². The van der Waals surface area contributed by atoms with Crippen molar-refractivity contribution in [2.45, 2.75) is 38.5 Å². The average molecular weight is 348 g/mol. The molecule has 138 valence electrons. The fraction of sp³-hybridized carbons (Fsp3) is 0.579. The van der Waals surface area contributed by atoms with E-state index < -0.39 is 0 Å². The van der Waals surface area contributed by atoms with Crippen molar-refractivity contribution in [1.82, 2.24) is 10.2 Å². The van der Waals surface area contributed by atoms with Gasteiger partial charge in [-0.25, -0.2) is 4.39 Å². The number of aliphatic imine (C=N–C) groups is 1. The highest BCUT2D eigenvalue weighted by Crippen LogP contribution is 2.25. The van der Waals surface area contributed by atoms with Gasteiger partial charge in [-0.2, -0.15) is 0 Å². The van der Waals surface area contributed by atoms with Crippen molar-refractivity contribution < 1.29 is 9.18 Å². The minimum atomic E-state index is -0.371. The third-order valence-electron chi connectivity index (χ3n) is 4.81. The highest BCUT2D eigenvalue weighted by molar-refractivity contribution is 5.80. The Morgan fingerprint density at radius 1 is 1.44 bits per heavy atom. The third kappa shape index (κ3) is 5.18. The van der Waals surface area contributed by atoms with Crippen LogP contribution in [-0.4, -0.2) is 43.4 Å². The van der Waals surface area contributed by atoms with E-state index in [-0.39, 0.29) is 23.1 Å². The highest BCUT2D eigenvalue weighted by atomic mass is 19.1. The molecular formula is C19H29FN4O. The average Bonchev–Trinajstić information content (AvgIpc) is 2.55. The first-order valence-electron chi connectivity index (χ1n) is 8.82. The molecule has 0 aromatic heterocycles. The summed E-state index contributed by atoms with van der Waals surface area (Å²) in [6.07, 6.45) is 2.43. The summed E-state index contributed by atoms with van der Waals surface area (Å²) in [6.45, 7) is 6.25. The normalized spacial score (nSPS) is 19.0. The molecule has 3 N–H and O–H groups in total. The van der Waals surface area contributed by atoms with Gasteiger partial charge in [0.1, 0.15) is 5.82 Å². The number of amides is 1. The number of hydrogen-bond acceptors (Lipinski definition) is 2. The Balaban J connectivity index is 2.00. The number of halogens is 1. The number of hydrogen-bond donors (Lipinski definition) is 2. The summed E-state index contributed by atoms with van der Waals surface area (Å²) in [6, 6.07) is 6.87. The number of nitrogens with one attached hydrogen (secondary N) is 1. The summed E-state index contributed by atoms with van der Waals surface area (Å²) >= 11 is 0. The van der Waals surface area contributed by atoms with Crippen LogP contribution in [0.15, 0.2) is 29.3 Å². The SMILES string of the molecule is CN=C(NCC(C)(C)c1ccccc1F)N1CCCC(CC(N)=O)C1. The van der Waals surface area contributed by atoms with Crippen LogP contribution in [0.1, 0.15) is 38.7 Å². The summed E-state index contributed by atoms with van der Waals surface area (Å²) in [7, 11) is 1.75. The Hall–Kier alpha value is -2.11. The van der Waals surface area contributed by atoms with Gasteiger partial charge in [0.2, 0.25) is 5.91 Å². The smallest absolute Gasteiger partial charge is 0.217 e. The van der Waals surface area contributed by atoms with Crippen LogP contribution in [0.5, 0.6) is 0 Å². The lowest BCUT2D eigenvalue weighted by Gasteiger charge is -2.36. The molecule has 1 aromatic rings. The van der Waals surface area contributed by atoms with E-state index in [4.69, 9.17) is 5.73 Å². The lowest BCUT2D eigenvalue weighted by molar-refractivity contribution is -0.119. The van der Waals surface area contributed by atoms with Crippen LogP contribution >= 0.6 is 0 Å². The lowest BCUT2D eigenvalue weighted by atomic mass is 9.84. The maximum absolute atomic E-state index is 14.1. The van der Waals surface area contributed by atoms with Crippen LogP contribution < -0.4 is 11.1 Å². The standard InChI is InChI=1S/C19H29FN4O/c1-19(2,15-8-4-5-9-16(15)20)13-23-18(22-3)24-10-6-7-14(12-24)11-17(21)25/h4-5,8-9,14H,6-7,10-13H2,1-3H3,(H2,21,25)(H,22,23). The fourth-order valence-electron chi connectivity index (χ4n) is 3.45. The molecule has 5 nitrogen and oxygen atoms in total. The summed E-state index contributed by atoms with van der Waals surface area (Å²) in [5.74, 6) is 0.613. The van der Waals surface area contributed by atoms with Crippen molar-refractivity contribution in [3.63, 3.8) is 0 Å². The molecule has 1 atom stereocenters. The quantitative estimate of drug-likeness (QED) is 0.633. The second kappa shape index (κ2) is 8.32. The van der Waals surface area contributed by atoms with E-state index in [9.17, 15) is 9.18 Å². The zero-order valence-electron chi connectivity index (χ0n) is 15.4. The number of carbonyl (C=O) groups is 1. The van der Waals surface area contributed by atoms with E-state index in [2.05, 4.69) is 15.2 Å². The van der Waals surface area contributed by atoms with E-state index in [1.807, 2.05) is 26.0 Å². The molecular weight excluding hydrogens is 319 g/mol. The van der Waals surface area contributed by atoms with Gasteiger partial charge in [0.05, 0.1) is 0 Å². The molecule has 0 aliphatic carbocycles. The lowest BCUT2D eigenvalue weighted by Crippen LogP contribution is -2.49. The Morgan fingerprint density at radius 3 is 2.80 bits per heavy atom. The van der Waals surface area contributed by atoms with Gasteiger partial charge in [-0.15, -0.1) is 0 Å². The fourth-order valence-corrected chi connectivity index (χ4v) is 3.45. The molecule has 6 heteroatoms. The van der Waals surface area contributed by atoms with Crippen LogP contribution in [-0.2, 0) is 10.2 Å². The Morgan fingerprint density at radius 2 is 2.16 bits per heavy atom. The first kappa shape index (κ1) is 19.2. The summed E-state index contributed by atoms with van der Waals surface area (Å²) < 4.78 is 14.1. The molecule has 0 spiro atoms. The molecule has 2 rings (SSSR count). The number of nitrogens with zero attached hydrogens (tertiary/aromatic N) is 2. The molecule has 25 heavy (non-hydrogen) atoms. The maximum Gasteiger partial charge on any atom is 0.217 e. The van der Waals surface area contributed by atoms with Gasteiger partial charge in [-0.3, -0.25) is 9.79 Å². The number of carbonyl (C=O) groups excluding carboxylic acids is 1. The summed E-state index contributed by atoms with van der Waals surface area (Å²) in [5, 5.41) is 3.37. The molecule has 1 aliphatic rings. The molecule has 1 amide bonds. The second-order valence-corrected chi connectivity index (χ2v) is 7.39. The van der Waals surface area contributed by atoms with Gasteiger partial charge < -0.3 is 16.0 Å². The van der Waals surface area contributed by atoms with Crippen molar-refractivity contribution in [2.24, 2.45) is 16.6 Å². The Kier molecular flexibility index (Phi) is 6.39. The zero-order valence-corrected chi connectivity index (χ0v) is 15.4. The van der Waals surface area contributed by atoms with Gasteiger partial charge in [-0.05, 0) is 30.4 Å². The van der Waals surface area contributed by atoms with Crippen molar-refractivity contribution in [3.8, 4) is 0 Å². The first-order valence-corrected chi connectivity index (χ1v) is 8.82. The molecule has 1 fully saturated rings. The number of nitrogens with two attached hydrogens (primary N) is 1. The predicted molar refractivity (Wildman–Crippen MR) is 98.9 cm³/mol. The number of primary amides is 1. The highest BCUT2D eigenvalue weighted by Gasteiger charge is 2.27. The zero-order chi connectivity index (χ0) is 18.4. The van der Waals surface area contributed by atoms with Gasteiger partial charge in [-0.1, -0.05) is 32.0 Å². The molecule has 0 radical (unpaired) electrons. The van der Waals surface area contributed by atoms with E-state index in [1.54, 1.807) is 13.1 Å². The van der Waals surface area contributed by atoms with E-state index in [1.165, 1.54) is 6.07 Å². The number of likely N-dealkylation sites (tertiary alicyclic amines) is 1. The van der Waals surface area contributed by atoms with Gasteiger partial charge >= 0.3 is 0 Å². The van der Waals surface area contributed by atoms with Crippen molar-refractivity contribution in [2.75, 3.05) is 26.7 Å². The molecule has 0 saturated carbocycles. The minimum absolute atomic E-state index is 0.191. The first-order chi connectivity index (χ1) is 11.8. The number of piperidine rings is 1. The van der Waals surface area contributed by atoms with Crippen LogP contribution in [0.25, 0.3) is 0 Å². The number of benzene rings is 1. The molecule has 1 unspecified atom stereocenters. The largest absolute Gasteiger partial charge is 0.370 e. The maximum atomic E-state index is 14.1. The molecule has 1 aromatic carbocycles. The van der Waals surface area contributed by atoms with Gasteiger partial charge in [0, 0.05) is 38.5 Å². The van der Waals surface area contributed by atoms with Gasteiger partial charge in [0.25, 0.3) is 0 Å². The summed E-state index contributed by atoms with van der Waals surface area (Å²) in [5.41, 5.74) is 5.65. The van der Waals surface area contributed by atoms with Crippen LogP contribution in [0, 0.1) is 11.7 Å². The molecule has 0 bridgehead atoms. The monoisotopic (exact) mass is 348 g/mol. The second-order valence-electron chi connectivity index (χ2n) is 7.39. The van der Waals surface area contributed by atoms with Crippen molar-refractivity contribution >= 4 is 11.9 Å². The third-order valence-corrected chi connectivity index (χ3v) is 4.81. The van der Waals surface area contributed by atoms with Crippen molar-refractivity contribution in [3.05, 3.63) is 35.6 Å². The Labute approximate surface area is 149 Å². The Bertz CT molecular complexity index is 630. The minimum Gasteiger partial charge on any atom is -0.370 e. The number of rotatable bonds is 5. The predicted octanol–water partition coefficient (Wildman–Crippen LogP) is 2.27. The topological polar surface area (TPSA) is 70.7 Å². The van der Waals surface area contributed by atoms with Crippen LogP contribution in [0.4, 0.5) is 4.39 Å². The summed E-state index contributed by atoms with van der Waals surface area (Å²) in [4.78, 5) is 17.7. The molecule has 1 heterocycles. The molecule has 1 saturated heterocycles. The van der Waals surface area contributed by atoms with Gasteiger partial charge in [0.15, 0.2) is 5.96 Å². The van der Waals surface area contributed by atoms with Crippen LogP contribution in [0.2, 0.25) is 0 Å². The number of guanidine groups is 1.